The normalized spacial score (nSPS) is 20.4. The van der Waals surface area contributed by atoms with Crippen LogP contribution >= 0.6 is 11.8 Å². The summed E-state index contributed by atoms with van der Waals surface area (Å²) in [6.45, 7) is 2.95. The van der Waals surface area contributed by atoms with Crippen LogP contribution in [0.15, 0.2) is 6.33 Å². The van der Waals surface area contributed by atoms with Crippen molar-refractivity contribution in [2.75, 3.05) is 5.75 Å². The molecular weight excluding hydrogens is 234 g/mol. The zero-order valence-corrected chi connectivity index (χ0v) is 11.1. The van der Waals surface area contributed by atoms with Crippen molar-refractivity contribution in [1.82, 2.24) is 14.8 Å². The number of ketones is 1. The van der Waals surface area contributed by atoms with Crippen molar-refractivity contribution in [2.45, 2.75) is 50.8 Å². The van der Waals surface area contributed by atoms with Gasteiger partial charge in [0.2, 0.25) is 0 Å². The molecule has 0 spiro atoms. The van der Waals surface area contributed by atoms with Crippen molar-refractivity contribution < 1.29 is 4.79 Å². The molecule has 0 radical (unpaired) electrons. The first-order valence-corrected chi connectivity index (χ1v) is 7.37. The van der Waals surface area contributed by atoms with Crippen molar-refractivity contribution in [3.8, 4) is 0 Å². The second kappa shape index (κ2) is 6.19. The molecule has 0 aromatic carbocycles. The summed E-state index contributed by atoms with van der Waals surface area (Å²) >= 11 is 1.81. The third-order valence-electron chi connectivity index (χ3n) is 3.00. The van der Waals surface area contributed by atoms with E-state index in [1.54, 1.807) is 18.1 Å². The first kappa shape index (κ1) is 12.6. The molecule has 1 aromatic heterocycles. The van der Waals surface area contributed by atoms with Crippen LogP contribution in [-0.2, 0) is 17.8 Å². The van der Waals surface area contributed by atoms with Crippen LogP contribution in [0.5, 0.6) is 0 Å². The molecule has 0 amide bonds. The predicted octanol–water partition coefficient (Wildman–Crippen LogP) is 2.09. The minimum absolute atomic E-state index is 0.190. The monoisotopic (exact) mass is 253 g/mol. The molecule has 0 saturated carbocycles. The fraction of sp³-hybridized carbons (Fsp3) is 0.750. The lowest BCUT2D eigenvalue weighted by Gasteiger charge is -2.19. The van der Waals surface area contributed by atoms with Crippen molar-refractivity contribution >= 4 is 17.5 Å². The highest BCUT2D eigenvalue weighted by Crippen LogP contribution is 2.26. The summed E-state index contributed by atoms with van der Waals surface area (Å²) in [5.74, 6) is 2.26. The number of rotatable bonds is 5. The quantitative estimate of drug-likeness (QED) is 0.806. The van der Waals surface area contributed by atoms with E-state index in [9.17, 15) is 4.79 Å². The number of thioether (sulfide) groups is 1. The molecule has 94 valence electrons. The number of Topliss-reactive ketones (excluding diaryl/α,β-unsaturated/α-hetero) is 1. The zero-order valence-electron chi connectivity index (χ0n) is 10.3. The summed E-state index contributed by atoms with van der Waals surface area (Å²) in [6, 6.07) is 0. The lowest BCUT2D eigenvalue weighted by atomic mass is 10.1. The maximum atomic E-state index is 12.1. The molecule has 1 aliphatic heterocycles. The van der Waals surface area contributed by atoms with Crippen molar-refractivity contribution in [3.05, 3.63) is 12.2 Å². The minimum Gasteiger partial charge on any atom is -0.298 e. The molecule has 1 unspecified atom stereocenters. The fourth-order valence-electron chi connectivity index (χ4n) is 2.09. The summed E-state index contributed by atoms with van der Waals surface area (Å²) in [5, 5.41) is 4.34. The van der Waals surface area contributed by atoms with Crippen LogP contribution in [0.2, 0.25) is 0 Å². The van der Waals surface area contributed by atoms with E-state index >= 15 is 0 Å². The number of nitrogens with zero attached hydrogens (tertiary/aromatic N) is 3. The Morgan fingerprint density at radius 2 is 2.47 bits per heavy atom. The standard InChI is InChI=1S/C12H19N3OS/c1-2-6-15-12(13-9-14-15)8-10(16)11-5-3-4-7-17-11/h9,11H,2-8H2,1H3. The molecule has 0 bridgehead atoms. The summed E-state index contributed by atoms with van der Waals surface area (Å²) in [6.07, 6.45) is 6.48. The van der Waals surface area contributed by atoms with E-state index in [-0.39, 0.29) is 5.25 Å². The van der Waals surface area contributed by atoms with Crippen molar-refractivity contribution in [3.63, 3.8) is 0 Å². The van der Waals surface area contributed by atoms with Gasteiger partial charge in [-0.25, -0.2) is 9.67 Å². The Hall–Kier alpha value is -0.840. The van der Waals surface area contributed by atoms with Gasteiger partial charge in [-0.05, 0) is 25.0 Å². The van der Waals surface area contributed by atoms with Gasteiger partial charge >= 0.3 is 0 Å². The van der Waals surface area contributed by atoms with Crippen LogP contribution in [0.1, 0.15) is 38.4 Å². The molecule has 0 aliphatic carbocycles. The summed E-state index contributed by atoms with van der Waals surface area (Å²) < 4.78 is 1.85. The van der Waals surface area contributed by atoms with Crippen LogP contribution < -0.4 is 0 Å². The molecule has 2 heterocycles. The first-order valence-electron chi connectivity index (χ1n) is 6.32. The number of hydrogen-bond donors (Lipinski definition) is 0. The van der Waals surface area contributed by atoms with Crippen molar-refractivity contribution in [2.24, 2.45) is 0 Å². The molecule has 1 fully saturated rings. The smallest absolute Gasteiger partial charge is 0.153 e. The lowest BCUT2D eigenvalue weighted by Crippen LogP contribution is -2.24. The molecule has 1 saturated heterocycles. The van der Waals surface area contributed by atoms with Gasteiger partial charge in [-0.2, -0.15) is 16.9 Å². The zero-order chi connectivity index (χ0) is 12.1. The van der Waals surface area contributed by atoms with Crippen LogP contribution in [0.4, 0.5) is 0 Å². The van der Waals surface area contributed by atoms with E-state index in [0.29, 0.717) is 12.2 Å². The Morgan fingerprint density at radius 1 is 1.59 bits per heavy atom. The Kier molecular flexibility index (Phi) is 4.59. The molecule has 0 N–H and O–H groups in total. The highest BCUT2D eigenvalue weighted by Gasteiger charge is 2.23. The lowest BCUT2D eigenvalue weighted by molar-refractivity contribution is -0.118. The molecule has 2 rings (SSSR count). The maximum Gasteiger partial charge on any atom is 0.153 e. The van der Waals surface area contributed by atoms with Gasteiger partial charge in [0.1, 0.15) is 12.2 Å². The average molecular weight is 253 g/mol. The third kappa shape index (κ3) is 3.31. The number of hydrogen-bond acceptors (Lipinski definition) is 4. The van der Waals surface area contributed by atoms with Gasteiger partial charge in [-0.1, -0.05) is 13.3 Å². The highest BCUT2D eigenvalue weighted by atomic mass is 32.2. The Morgan fingerprint density at radius 3 is 3.18 bits per heavy atom. The SMILES string of the molecule is CCCn1ncnc1CC(=O)C1CCCCS1. The summed E-state index contributed by atoms with van der Waals surface area (Å²) in [4.78, 5) is 16.3. The van der Waals surface area contributed by atoms with E-state index in [1.165, 1.54) is 12.8 Å². The fourth-order valence-corrected chi connectivity index (χ4v) is 3.35. The van der Waals surface area contributed by atoms with Gasteiger partial charge in [0.05, 0.1) is 11.7 Å². The second-order valence-electron chi connectivity index (χ2n) is 4.40. The van der Waals surface area contributed by atoms with E-state index in [4.69, 9.17) is 0 Å². The number of carbonyl (C=O) groups is 1. The van der Waals surface area contributed by atoms with Gasteiger partial charge in [0.15, 0.2) is 5.78 Å². The maximum absolute atomic E-state index is 12.1. The van der Waals surface area contributed by atoms with E-state index in [1.807, 2.05) is 4.68 Å². The van der Waals surface area contributed by atoms with Crippen LogP contribution in [0.3, 0.4) is 0 Å². The largest absolute Gasteiger partial charge is 0.298 e. The molecule has 1 aliphatic rings. The molecule has 1 atom stereocenters. The van der Waals surface area contributed by atoms with Crippen molar-refractivity contribution in [1.29, 1.82) is 0 Å². The average Bonchev–Trinajstić information content (AvgIpc) is 2.78. The molecule has 4 nitrogen and oxygen atoms in total. The topological polar surface area (TPSA) is 47.8 Å². The summed E-state index contributed by atoms with van der Waals surface area (Å²) in [7, 11) is 0. The molecule has 17 heavy (non-hydrogen) atoms. The van der Waals surface area contributed by atoms with Gasteiger partial charge in [0, 0.05) is 6.54 Å². The molecule has 5 heteroatoms. The van der Waals surface area contributed by atoms with Crippen LogP contribution in [0.25, 0.3) is 0 Å². The number of aryl methyl sites for hydroxylation is 1. The third-order valence-corrected chi connectivity index (χ3v) is 4.43. The van der Waals surface area contributed by atoms with Crippen LogP contribution in [0, 0.1) is 0 Å². The number of aromatic nitrogens is 3. The van der Waals surface area contributed by atoms with Gasteiger partial charge in [-0.3, -0.25) is 4.79 Å². The van der Waals surface area contributed by atoms with Gasteiger partial charge in [-0.15, -0.1) is 0 Å². The Labute approximate surface area is 106 Å². The molecular formula is C12H19N3OS. The van der Waals surface area contributed by atoms with E-state index in [2.05, 4.69) is 17.0 Å². The Balaban J connectivity index is 1.94. The van der Waals surface area contributed by atoms with E-state index < -0.39 is 0 Å². The second-order valence-corrected chi connectivity index (χ2v) is 5.71. The Bertz CT molecular complexity index is 372. The summed E-state index contributed by atoms with van der Waals surface area (Å²) in [5.41, 5.74) is 0. The highest BCUT2D eigenvalue weighted by molar-refractivity contribution is 8.00. The van der Waals surface area contributed by atoms with E-state index in [0.717, 1.165) is 31.0 Å². The number of carbonyl (C=O) groups excluding carboxylic acids is 1. The first-order chi connectivity index (χ1) is 8.31. The molecule has 1 aromatic rings. The van der Waals surface area contributed by atoms with Crippen LogP contribution in [-0.4, -0.2) is 31.6 Å². The van der Waals surface area contributed by atoms with Gasteiger partial charge < -0.3 is 0 Å². The van der Waals surface area contributed by atoms with Gasteiger partial charge in [0.25, 0.3) is 0 Å². The predicted molar refractivity (Wildman–Crippen MR) is 69.1 cm³/mol. The minimum atomic E-state index is 0.190.